The number of esters is 1. The third kappa shape index (κ3) is 9.36. The molecule has 49 heavy (non-hydrogen) atoms. The summed E-state index contributed by atoms with van der Waals surface area (Å²) in [5.41, 5.74) is 5.18. The average molecular weight is 662 g/mol. The molecule has 256 valence electrons. The van der Waals surface area contributed by atoms with Crippen molar-refractivity contribution in [3.63, 3.8) is 0 Å². The second-order valence-corrected chi connectivity index (χ2v) is 12.9. The highest BCUT2D eigenvalue weighted by Crippen LogP contribution is 2.26. The second-order valence-electron chi connectivity index (χ2n) is 12.9. The summed E-state index contributed by atoms with van der Waals surface area (Å²) < 4.78 is 5.95. The van der Waals surface area contributed by atoms with Gasteiger partial charge in [0.25, 0.3) is 0 Å². The molecule has 0 spiro atoms. The van der Waals surface area contributed by atoms with Crippen LogP contribution in [0, 0.1) is 11.8 Å². The van der Waals surface area contributed by atoms with Gasteiger partial charge >= 0.3 is 5.97 Å². The zero-order chi connectivity index (χ0) is 34.6. The predicted molar refractivity (Wildman–Crippen MR) is 192 cm³/mol. The van der Waals surface area contributed by atoms with Gasteiger partial charge in [-0.05, 0) is 66.8 Å². The molecule has 0 aliphatic carbocycles. The molecule has 1 aromatic heterocycles. The Labute approximate surface area is 288 Å². The number of benzene rings is 3. The number of fused-ring (bicyclic) bond motifs is 2. The fourth-order valence-electron chi connectivity index (χ4n) is 6.71. The van der Waals surface area contributed by atoms with E-state index in [0.717, 1.165) is 33.2 Å². The van der Waals surface area contributed by atoms with Gasteiger partial charge in [0.05, 0.1) is 30.5 Å². The minimum atomic E-state index is -0.680. The van der Waals surface area contributed by atoms with E-state index in [-0.39, 0.29) is 49.4 Å². The summed E-state index contributed by atoms with van der Waals surface area (Å²) in [4.78, 5) is 46.1. The average Bonchev–Trinajstić information content (AvgIpc) is 3.54. The number of H-pyrrole nitrogens is 1. The van der Waals surface area contributed by atoms with Crippen molar-refractivity contribution in [2.24, 2.45) is 11.8 Å². The number of aliphatic hydroxyl groups excluding tert-OH is 1. The lowest BCUT2D eigenvalue weighted by Gasteiger charge is -2.36. The van der Waals surface area contributed by atoms with E-state index in [1.54, 1.807) is 17.1 Å². The molecule has 0 saturated heterocycles. The molecule has 1 aliphatic heterocycles. The Hall–Kier alpha value is -4.95. The zero-order valence-electron chi connectivity index (χ0n) is 28.1. The highest BCUT2D eigenvalue weighted by Gasteiger charge is 2.33. The van der Waals surface area contributed by atoms with Crippen molar-refractivity contribution in [3.05, 3.63) is 133 Å². The Kier molecular flexibility index (Phi) is 12.6. The standard InChI is InChI=1S/C41H47N3O5/c1-3-5-16-32(21-29-14-7-6-8-15-29)41(48)49-28-35(22-34-25-42-38-20-12-11-19-37(34)38)43-40(47)31(13-4-2)24-39(46)44-26-33-18-10-9-17-30(33)23-36(44)27-45/h3-4,6-12,14-15,17-20,25,31-32,35-36,42,45H,1-2,5,13,16,21-24,26-28H2,(H,43,47). The summed E-state index contributed by atoms with van der Waals surface area (Å²) >= 11 is 0. The molecule has 8 nitrogen and oxygen atoms in total. The topological polar surface area (TPSA) is 112 Å². The van der Waals surface area contributed by atoms with Crippen LogP contribution in [0.2, 0.25) is 0 Å². The Morgan fingerprint density at radius 2 is 1.67 bits per heavy atom. The number of amides is 2. The first-order valence-electron chi connectivity index (χ1n) is 17.1. The normalized spacial score (nSPS) is 15.9. The summed E-state index contributed by atoms with van der Waals surface area (Å²) in [5.74, 6) is -1.85. The van der Waals surface area contributed by atoms with Crippen LogP contribution in [-0.4, -0.2) is 58.1 Å². The number of allylic oxidation sites excluding steroid dienone is 2. The number of aliphatic hydroxyl groups is 1. The molecule has 0 fully saturated rings. The molecule has 2 amide bonds. The van der Waals surface area contributed by atoms with E-state index in [4.69, 9.17) is 4.74 Å². The van der Waals surface area contributed by atoms with Crippen molar-refractivity contribution in [2.45, 2.75) is 63.6 Å². The fourth-order valence-corrected chi connectivity index (χ4v) is 6.71. The van der Waals surface area contributed by atoms with Gasteiger partial charge in [-0.15, -0.1) is 13.2 Å². The lowest BCUT2D eigenvalue weighted by atomic mass is 9.92. The van der Waals surface area contributed by atoms with Crippen molar-refractivity contribution in [1.82, 2.24) is 15.2 Å². The van der Waals surface area contributed by atoms with Gasteiger partial charge in [0.2, 0.25) is 11.8 Å². The summed E-state index contributed by atoms with van der Waals surface area (Å²) in [6, 6.07) is 24.8. The van der Waals surface area contributed by atoms with Crippen LogP contribution in [0.4, 0.5) is 0 Å². The van der Waals surface area contributed by atoms with E-state index >= 15 is 0 Å². The molecule has 0 bridgehead atoms. The molecular formula is C41H47N3O5. The second kappa shape index (κ2) is 17.4. The smallest absolute Gasteiger partial charge is 0.309 e. The monoisotopic (exact) mass is 661 g/mol. The summed E-state index contributed by atoms with van der Waals surface area (Å²) in [6.07, 6.45) is 8.45. The maximum atomic E-state index is 13.9. The van der Waals surface area contributed by atoms with E-state index in [0.29, 0.717) is 45.1 Å². The van der Waals surface area contributed by atoms with Gasteiger partial charge in [0, 0.05) is 30.1 Å². The van der Waals surface area contributed by atoms with Crippen LogP contribution in [-0.2, 0) is 44.9 Å². The van der Waals surface area contributed by atoms with Crippen molar-refractivity contribution in [1.29, 1.82) is 0 Å². The molecule has 5 rings (SSSR count). The molecule has 4 aromatic rings. The number of hydrogen-bond donors (Lipinski definition) is 3. The van der Waals surface area contributed by atoms with Crippen LogP contribution >= 0.6 is 0 Å². The fraction of sp³-hybridized carbons (Fsp3) is 0.341. The third-order valence-electron chi connectivity index (χ3n) is 9.42. The number of hydrogen-bond acceptors (Lipinski definition) is 5. The Balaban J connectivity index is 1.31. The number of para-hydroxylation sites is 1. The number of carbonyl (C=O) groups excluding carboxylic acids is 3. The molecular weight excluding hydrogens is 614 g/mol. The molecule has 1 aliphatic rings. The predicted octanol–water partition coefficient (Wildman–Crippen LogP) is 6.09. The third-order valence-corrected chi connectivity index (χ3v) is 9.42. The molecule has 4 atom stereocenters. The molecule has 3 aromatic carbocycles. The zero-order valence-corrected chi connectivity index (χ0v) is 28.1. The first-order valence-corrected chi connectivity index (χ1v) is 17.1. The van der Waals surface area contributed by atoms with Crippen LogP contribution in [0.25, 0.3) is 10.9 Å². The Morgan fingerprint density at radius 1 is 0.939 bits per heavy atom. The van der Waals surface area contributed by atoms with E-state index < -0.39 is 12.0 Å². The van der Waals surface area contributed by atoms with Gasteiger partial charge < -0.3 is 25.0 Å². The Bertz CT molecular complexity index is 1730. The van der Waals surface area contributed by atoms with Gasteiger partial charge in [-0.1, -0.05) is 84.9 Å². The summed E-state index contributed by atoms with van der Waals surface area (Å²) in [5, 5.41) is 14.3. The maximum Gasteiger partial charge on any atom is 0.309 e. The Morgan fingerprint density at radius 3 is 2.43 bits per heavy atom. The number of carbonyl (C=O) groups is 3. The number of aromatic nitrogens is 1. The summed E-state index contributed by atoms with van der Waals surface area (Å²) in [7, 11) is 0. The summed E-state index contributed by atoms with van der Waals surface area (Å²) in [6.45, 7) is 7.88. The number of ether oxygens (including phenoxy) is 1. The lowest BCUT2D eigenvalue weighted by molar-refractivity contribution is -0.150. The van der Waals surface area contributed by atoms with Gasteiger partial charge in [0.15, 0.2) is 0 Å². The van der Waals surface area contributed by atoms with E-state index in [9.17, 15) is 19.5 Å². The first kappa shape index (κ1) is 35.4. The van der Waals surface area contributed by atoms with E-state index in [2.05, 4.69) is 23.5 Å². The van der Waals surface area contributed by atoms with E-state index in [1.165, 1.54) is 0 Å². The minimum absolute atomic E-state index is 0.0201. The van der Waals surface area contributed by atoms with Crippen LogP contribution < -0.4 is 5.32 Å². The van der Waals surface area contributed by atoms with Crippen LogP contribution in [0.5, 0.6) is 0 Å². The SMILES string of the molecule is C=CCCC(Cc1ccccc1)C(=O)OCC(Cc1c[nH]c2ccccc12)NC(=O)C(CC=C)CC(=O)N1Cc2ccccc2CC1CO. The van der Waals surface area contributed by atoms with Crippen LogP contribution in [0.15, 0.2) is 110 Å². The highest BCUT2D eigenvalue weighted by molar-refractivity contribution is 5.87. The van der Waals surface area contributed by atoms with E-state index in [1.807, 2.05) is 85.1 Å². The molecule has 0 saturated carbocycles. The largest absolute Gasteiger partial charge is 0.463 e. The molecule has 3 N–H and O–H groups in total. The highest BCUT2D eigenvalue weighted by atomic mass is 16.5. The van der Waals surface area contributed by atoms with Crippen LogP contribution in [0.3, 0.4) is 0 Å². The number of aromatic amines is 1. The number of nitrogens with zero attached hydrogens (tertiary/aromatic N) is 1. The quantitative estimate of drug-likeness (QED) is 0.0937. The lowest BCUT2D eigenvalue weighted by Crippen LogP contribution is -2.48. The number of nitrogens with one attached hydrogen (secondary N) is 2. The molecule has 4 unspecified atom stereocenters. The van der Waals surface area contributed by atoms with Crippen molar-refractivity contribution < 1.29 is 24.2 Å². The van der Waals surface area contributed by atoms with Crippen molar-refractivity contribution in [3.8, 4) is 0 Å². The molecule has 2 heterocycles. The van der Waals surface area contributed by atoms with Gasteiger partial charge in [-0.2, -0.15) is 0 Å². The van der Waals surface area contributed by atoms with Gasteiger partial charge in [0.1, 0.15) is 6.61 Å². The maximum absolute atomic E-state index is 13.9. The first-order chi connectivity index (χ1) is 23.9. The minimum Gasteiger partial charge on any atom is -0.463 e. The van der Waals surface area contributed by atoms with Gasteiger partial charge in [-0.25, -0.2) is 0 Å². The molecule has 8 heteroatoms. The van der Waals surface area contributed by atoms with Gasteiger partial charge in [-0.3, -0.25) is 14.4 Å². The van der Waals surface area contributed by atoms with Crippen molar-refractivity contribution in [2.75, 3.05) is 13.2 Å². The van der Waals surface area contributed by atoms with Crippen molar-refractivity contribution >= 4 is 28.7 Å². The van der Waals surface area contributed by atoms with Crippen LogP contribution in [0.1, 0.15) is 47.9 Å². The molecule has 0 radical (unpaired) electrons. The number of rotatable bonds is 17.